The van der Waals surface area contributed by atoms with Gasteiger partial charge in [0.1, 0.15) is 11.5 Å². The summed E-state index contributed by atoms with van der Waals surface area (Å²) >= 11 is 0. The van der Waals surface area contributed by atoms with E-state index >= 15 is 0 Å². The van der Waals surface area contributed by atoms with Gasteiger partial charge < -0.3 is 5.32 Å². The second kappa shape index (κ2) is 5.90. The first-order valence-electron chi connectivity index (χ1n) is 6.59. The highest BCUT2D eigenvalue weighted by atomic mass is 19.1. The minimum Gasteiger partial charge on any atom is -0.360 e. The van der Waals surface area contributed by atoms with Crippen LogP contribution in [0, 0.1) is 15.9 Å². The number of nitrogens with one attached hydrogen (secondary N) is 1. The minimum absolute atomic E-state index is 0.00499. The van der Waals surface area contributed by atoms with Crippen LogP contribution in [0.3, 0.4) is 0 Å². The predicted molar refractivity (Wildman–Crippen MR) is 77.7 cm³/mol. The average molecular weight is 292 g/mol. The topological polar surface area (TPSA) is 73.0 Å². The highest BCUT2D eigenvalue weighted by molar-refractivity contribution is 5.60. The van der Waals surface area contributed by atoms with E-state index in [1.165, 1.54) is 16.8 Å². The molecule has 0 fully saturated rings. The Morgan fingerprint density at radius 1 is 1.38 bits per heavy atom. The molecule has 0 saturated heterocycles. The zero-order valence-electron chi connectivity index (χ0n) is 12.1. The summed E-state index contributed by atoms with van der Waals surface area (Å²) in [7, 11) is 1.66. The van der Waals surface area contributed by atoms with Gasteiger partial charge in [-0.1, -0.05) is 26.0 Å². The van der Waals surface area contributed by atoms with Gasteiger partial charge in [-0.2, -0.15) is 5.10 Å². The lowest BCUT2D eigenvalue weighted by atomic mass is 10.1. The molecule has 112 valence electrons. The number of nitro groups is 1. The molecule has 0 atom stereocenters. The molecule has 0 aliphatic carbocycles. The van der Waals surface area contributed by atoms with E-state index in [9.17, 15) is 14.5 Å². The molecule has 0 amide bonds. The summed E-state index contributed by atoms with van der Waals surface area (Å²) in [5.41, 5.74) is 1.27. The first-order chi connectivity index (χ1) is 9.90. The molecular formula is C14H17FN4O2. The lowest BCUT2D eigenvalue weighted by Gasteiger charge is -2.06. The van der Waals surface area contributed by atoms with Gasteiger partial charge in [-0.05, 0) is 17.7 Å². The third-order valence-electron chi connectivity index (χ3n) is 3.15. The lowest BCUT2D eigenvalue weighted by molar-refractivity contribution is -0.384. The Morgan fingerprint density at radius 2 is 2.00 bits per heavy atom. The van der Waals surface area contributed by atoms with Gasteiger partial charge in [-0.15, -0.1) is 0 Å². The molecule has 1 aromatic heterocycles. The van der Waals surface area contributed by atoms with Gasteiger partial charge in [0.2, 0.25) is 5.82 Å². The van der Waals surface area contributed by atoms with Crippen LogP contribution in [0.2, 0.25) is 0 Å². The number of rotatable bonds is 5. The molecule has 0 unspecified atom stereocenters. The number of benzene rings is 1. The van der Waals surface area contributed by atoms with Crippen molar-refractivity contribution in [2.24, 2.45) is 7.05 Å². The molecule has 1 heterocycles. The summed E-state index contributed by atoms with van der Waals surface area (Å²) < 4.78 is 14.3. The molecule has 0 aliphatic rings. The zero-order valence-corrected chi connectivity index (χ0v) is 12.1. The van der Waals surface area contributed by atoms with Gasteiger partial charge in [-0.25, -0.2) is 9.07 Å². The third-order valence-corrected chi connectivity index (χ3v) is 3.15. The van der Waals surface area contributed by atoms with Crippen LogP contribution in [-0.2, 0) is 13.6 Å². The van der Waals surface area contributed by atoms with Crippen LogP contribution >= 0.6 is 0 Å². The van der Waals surface area contributed by atoms with Crippen molar-refractivity contribution in [2.75, 3.05) is 5.32 Å². The molecular weight excluding hydrogens is 275 g/mol. The Hall–Kier alpha value is -2.44. The quantitative estimate of drug-likeness (QED) is 0.678. The summed E-state index contributed by atoms with van der Waals surface area (Å²) in [6.45, 7) is 4.08. The van der Waals surface area contributed by atoms with Crippen LogP contribution in [0.5, 0.6) is 0 Å². The monoisotopic (exact) mass is 292 g/mol. The first kappa shape index (κ1) is 15.0. The van der Waals surface area contributed by atoms with Gasteiger partial charge in [0, 0.05) is 19.5 Å². The van der Waals surface area contributed by atoms with Crippen molar-refractivity contribution in [3.63, 3.8) is 0 Å². The van der Waals surface area contributed by atoms with E-state index in [0.29, 0.717) is 18.1 Å². The van der Waals surface area contributed by atoms with E-state index in [2.05, 4.69) is 10.4 Å². The van der Waals surface area contributed by atoms with Crippen LogP contribution in [-0.4, -0.2) is 14.7 Å². The van der Waals surface area contributed by atoms with Crippen molar-refractivity contribution in [2.45, 2.75) is 26.3 Å². The maximum atomic E-state index is 12.9. The van der Waals surface area contributed by atoms with Gasteiger partial charge in [-0.3, -0.25) is 10.1 Å². The second-order valence-corrected chi connectivity index (χ2v) is 5.10. The van der Waals surface area contributed by atoms with Crippen molar-refractivity contribution in [3.8, 4) is 0 Å². The Labute approximate surface area is 121 Å². The first-order valence-corrected chi connectivity index (χ1v) is 6.59. The van der Waals surface area contributed by atoms with Gasteiger partial charge in [0.25, 0.3) is 0 Å². The number of aromatic nitrogens is 2. The fourth-order valence-corrected chi connectivity index (χ4v) is 2.09. The highest BCUT2D eigenvalue weighted by Gasteiger charge is 2.28. The van der Waals surface area contributed by atoms with Gasteiger partial charge in [0.15, 0.2) is 0 Å². The molecule has 6 nitrogen and oxygen atoms in total. The third kappa shape index (κ3) is 3.18. The molecule has 21 heavy (non-hydrogen) atoms. The predicted octanol–water partition coefficient (Wildman–Crippen LogP) is 3.20. The molecule has 2 aromatic rings. The number of nitrogens with zero attached hydrogens (tertiary/aromatic N) is 3. The number of aryl methyl sites for hydroxylation is 1. The summed E-state index contributed by atoms with van der Waals surface area (Å²) in [6.07, 6.45) is 0. The number of halogens is 1. The Balaban J connectivity index is 2.27. The Bertz CT molecular complexity index is 650. The fraction of sp³-hybridized carbons (Fsp3) is 0.357. The summed E-state index contributed by atoms with van der Waals surface area (Å²) in [4.78, 5) is 10.9. The van der Waals surface area contributed by atoms with Crippen molar-refractivity contribution < 1.29 is 9.31 Å². The van der Waals surface area contributed by atoms with E-state index in [0.717, 1.165) is 5.56 Å². The van der Waals surface area contributed by atoms with E-state index in [1.807, 2.05) is 13.8 Å². The molecule has 0 spiro atoms. The van der Waals surface area contributed by atoms with Crippen molar-refractivity contribution in [1.29, 1.82) is 0 Å². The van der Waals surface area contributed by atoms with Crippen LogP contribution in [0.25, 0.3) is 0 Å². The Morgan fingerprint density at radius 3 is 2.52 bits per heavy atom. The summed E-state index contributed by atoms with van der Waals surface area (Å²) in [6, 6.07) is 5.98. The van der Waals surface area contributed by atoms with Crippen molar-refractivity contribution >= 4 is 11.5 Å². The van der Waals surface area contributed by atoms with E-state index in [4.69, 9.17) is 0 Å². The molecule has 0 radical (unpaired) electrons. The molecule has 1 N–H and O–H groups in total. The maximum Gasteiger partial charge on any atom is 0.334 e. The molecule has 7 heteroatoms. The second-order valence-electron chi connectivity index (χ2n) is 5.10. The standard InChI is InChI=1S/C14H17FN4O2/c1-9(2)12-13(19(20)21)14(18(3)17-12)16-8-10-4-6-11(15)7-5-10/h4-7,9,16H,8H2,1-3H3. The van der Waals surface area contributed by atoms with Crippen LogP contribution in [0.15, 0.2) is 24.3 Å². The van der Waals surface area contributed by atoms with Crippen LogP contribution in [0.4, 0.5) is 15.9 Å². The van der Waals surface area contributed by atoms with E-state index < -0.39 is 4.92 Å². The van der Waals surface area contributed by atoms with Gasteiger partial charge >= 0.3 is 5.69 Å². The van der Waals surface area contributed by atoms with Crippen LogP contribution in [0.1, 0.15) is 31.0 Å². The number of hydrogen-bond acceptors (Lipinski definition) is 4. The largest absolute Gasteiger partial charge is 0.360 e. The molecule has 0 bridgehead atoms. The SMILES string of the molecule is CC(C)c1nn(C)c(NCc2ccc(F)cc2)c1[N+](=O)[O-]. The molecule has 2 rings (SSSR count). The van der Waals surface area contributed by atoms with Gasteiger partial charge in [0.05, 0.1) is 4.92 Å². The summed E-state index contributed by atoms with van der Waals surface area (Å²) in [5.74, 6) is -0.00152. The fourth-order valence-electron chi connectivity index (χ4n) is 2.09. The highest BCUT2D eigenvalue weighted by Crippen LogP contribution is 2.32. The van der Waals surface area contributed by atoms with E-state index in [1.54, 1.807) is 19.2 Å². The Kier molecular flexibility index (Phi) is 4.21. The summed E-state index contributed by atoms with van der Waals surface area (Å²) in [5, 5.41) is 18.5. The molecule has 0 saturated carbocycles. The zero-order chi connectivity index (χ0) is 15.6. The molecule has 0 aliphatic heterocycles. The van der Waals surface area contributed by atoms with Crippen molar-refractivity contribution in [1.82, 2.24) is 9.78 Å². The number of hydrogen-bond donors (Lipinski definition) is 1. The lowest BCUT2D eigenvalue weighted by Crippen LogP contribution is -2.06. The minimum atomic E-state index is -0.421. The number of anilines is 1. The smallest absolute Gasteiger partial charge is 0.334 e. The molecule has 1 aromatic carbocycles. The maximum absolute atomic E-state index is 12.9. The van der Waals surface area contributed by atoms with Crippen LogP contribution < -0.4 is 5.32 Å². The van der Waals surface area contributed by atoms with Crippen molar-refractivity contribution in [3.05, 3.63) is 51.5 Å². The normalized spacial score (nSPS) is 10.9. The van der Waals surface area contributed by atoms with E-state index in [-0.39, 0.29) is 17.4 Å². The average Bonchev–Trinajstić information content (AvgIpc) is 2.75.